The molecule has 6 aromatic rings. The quantitative estimate of drug-likeness (QED) is 0.0295. The van der Waals surface area contributed by atoms with Crippen molar-refractivity contribution in [2.75, 3.05) is 0 Å². The van der Waals surface area contributed by atoms with Crippen LogP contribution in [0.25, 0.3) is 0 Å². The first-order chi connectivity index (χ1) is 39.9. The monoisotopic (exact) mass is 1130 g/mol. The predicted octanol–water partition coefficient (Wildman–Crippen LogP) is 1.60. The Hall–Kier alpha value is -10.0. The van der Waals surface area contributed by atoms with Crippen LogP contribution in [0.5, 0.6) is 0 Å². The highest BCUT2D eigenvalue weighted by atomic mass is 16.4. The molecule has 0 bridgehead atoms. The van der Waals surface area contributed by atoms with E-state index in [9.17, 15) is 58.2 Å². The molecule has 432 valence electrons. The molecule has 83 heavy (non-hydrogen) atoms. The zero-order chi connectivity index (χ0) is 59.7. The molecule has 0 aliphatic rings. The predicted molar refractivity (Wildman–Crippen MR) is 306 cm³/mol. The Labute approximate surface area is 479 Å². The molecule has 8 atom stereocenters. The summed E-state index contributed by atoms with van der Waals surface area (Å²) in [6.45, 7) is 0. The number of carbonyl (C=O) groups is 10. The molecule has 0 unspecified atom stereocenters. The lowest BCUT2D eigenvalue weighted by Crippen LogP contribution is -2.61. The smallest absolute Gasteiger partial charge is 0.305 e. The van der Waals surface area contributed by atoms with Gasteiger partial charge in [-0.05, 0) is 33.4 Å². The highest BCUT2D eigenvalue weighted by Gasteiger charge is 2.36. The minimum Gasteiger partial charge on any atom is -0.481 e. The zero-order valence-electron chi connectivity index (χ0n) is 45.2. The molecule has 0 fully saturated rings. The van der Waals surface area contributed by atoms with Crippen molar-refractivity contribution in [3.63, 3.8) is 0 Å². The molecule has 21 nitrogen and oxygen atoms in total. The second-order valence-electron chi connectivity index (χ2n) is 19.8. The Balaban J connectivity index is 1.30. The van der Waals surface area contributed by atoms with Crippen molar-refractivity contribution in [2.24, 2.45) is 11.5 Å². The lowest BCUT2D eigenvalue weighted by atomic mass is 9.99. The Bertz CT molecular complexity index is 3140. The van der Waals surface area contributed by atoms with Crippen LogP contribution in [0.15, 0.2) is 182 Å². The van der Waals surface area contributed by atoms with Crippen molar-refractivity contribution in [1.82, 2.24) is 37.2 Å². The van der Waals surface area contributed by atoms with E-state index in [1.165, 1.54) is 0 Å². The minimum absolute atomic E-state index is 0.0267. The molecule has 8 amide bonds. The minimum atomic E-state index is -1.83. The number of rotatable bonds is 31. The van der Waals surface area contributed by atoms with Gasteiger partial charge < -0.3 is 58.9 Å². The summed E-state index contributed by atoms with van der Waals surface area (Å²) < 4.78 is 0. The summed E-state index contributed by atoms with van der Waals surface area (Å²) in [5.41, 5.74) is 15.2. The Morgan fingerprint density at radius 1 is 0.289 bits per heavy atom. The lowest BCUT2D eigenvalue weighted by molar-refractivity contribution is -0.142. The third-order valence-corrected chi connectivity index (χ3v) is 13.3. The van der Waals surface area contributed by atoms with Gasteiger partial charge in [0, 0.05) is 38.5 Å². The summed E-state index contributed by atoms with van der Waals surface area (Å²) >= 11 is 0. The maximum absolute atomic E-state index is 15.0. The maximum atomic E-state index is 15.0. The van der Waals surface area contributed by atoms with Crippen LogP contribution in [-0.2, 0) is 86.5 Å². The van der Waals surface area contributed by atoms with Crippen molar-refractivity contribution < 1.29 is 58.2 Å². The summed E-state index contributed by atoms with van der Waals surface area (Å²) in [6, 6.07) is 40.4. The molecule has 6 aromatic carbocycles. The summed E-state index contributed by atoms with van der Waals surface area (Å²) in [7, 11) is 0. The van der Waals surface area contributed by atoms with Gasteiger partial charge in [0.05, 0.1) is 18.9 Å². The third-order valence-electron chi connectivity index (χ3n) is 13.3. The SMILES string of the molecule is NC(=O)[C@H](Cc1ccccc1)NC(=O)[C@H](Cc1ccccc1)NC(=O)[C@H](Cc1ccccc1)NC(=O)[C@H](Cc1ccccc1)NC(=O)[C@H](Cc1ccccc1)NC(=O)[C@H](Cc1ccccc1)NC(=O)[C@H](CC(=O)O)NC(=O)[C@@H](N)CC(=O)O. The van der Waals surface area contributed by atoms with E-state index in [1.54, 1.807) is 182 Å². The zero-order valence-corrected chi connectivity index (χ0v) is 45.2. The Morgan fingerprint density at radius 3 is 0.699 bits per heavy atom. The number of nitrogens with two attached hydrogens (primary N) is 2. The molecule has 0 saturated carbocycles. The van der Waals surface area contributed by atoms with Gasteiger partial charge in [0.15, 0.2) is 0 Å². The highest BCUT2D eigenvalue weighted by Crippen LogP contribution is 2.14. The van der Waals surface area contributed by atoms with Crippen LogP contribution >= 0.6 is 0 Å². The second kappa shape index (κ2) is 31.7. The van der Waals surface area contributed by atoms with E-state index >= 15 is 0 Å². The van der Waals surface area contributed by atoms with E-state index < -0.39 is 120 Å². The number of carboxylic acid groups (broad SMARTS) is 2. The van der Waals surface area contributed by atoms with Crippen LogP contribution in [0.3, 0.4) is 0 Å². The molecule has 0 aliphatic carbocycles. The van der Waals surface area contributed by atoms with Crippen molar-refractivity contribution in [1.29, 1.82) is 0 Å². The highest BCUT2D eigenvalue weighted by molar-refractivity contribution is 5.99. The van der Waals surface area contributed by atoms with Crippen molar-refractivity contribution >= 4 is 59.2 Å². The first kappa shape index (κ1) is 62.2. The second-order valence-corrected chi connectivity index (χ2v) is 19.8. The van der Waals surface area contributed by atoms with Gasteiger partial charge >= 0.3 is 11.9 Å². The molecule has 0 aliphatic heterocycles. The third kappa shape index (κ3) is 20.9. The molecule has 0 saturated heterocycles. The lowest BCUT2D eigenvalue weighted by Gasteiger charge is -2.28. The number of carbonyl (C=O) groups excluding carboxylic acids is 8. The normalized spacial score (nSPS) is 13.7. The first-order valence-corrected chi connectivity index (χ1v) is 26.7. The van der Waals surface area contributed by atoms with E-state index in [2.05, 4.69) is 37.2 Å². The van der Waals surface area contributed by atoms with Crippen LogP contribution in [0, 0.1) is 0 Å². The van der Waals surface area contributed by atoms with Gasteiger partial charge in [0.25, 0.3) is 0 Å². The van der Waals surface area contributed by atoms with E-state index in [-0.39, 0.29) is 38.5 Å². The van der Waals surface area contributed by atoms with Crippen LogP contribution < -0.4 is 48.7 Å². The number of aliphatic carboxylic acids is 2. The van der Waals surface area contributed by atoms with Gasteiger partial charge in [-0.2, -0.15) is 0 Å². The fourth-order valence-electron chi connectivity index (χ4n) is 8.95. The number of hydrogen-bond acceptors (Lipinski definition) is 11. The van der Waals surface area contributed by atoms with E-state index in [4.69, 9.17) is 11.5 Å². The molecule has 6 rings (SSSR count). The average Bonchev–Trinajstić information content (AvgIpc) is 3.59. The van der Waals surface area contributed by atoms with Crippen molar-refractivity contribution in [2.45, 2.75) is 99.7 Å². The fraction of sp³-hybridized carbons (Fsp3) is 0.258. The van der Waals surface area contributed by atoms with E-state index in [0.29, 0.717) is 27.8 Å². The van der Waals surface area contributed by atoms with Crippen LogP contribution in [-0.4, -0.2) is 118 Å². The maximum Gasteiger partial charge on any atom is 0.305 e. The molecular weight excluding hydrogens is 1060 g/mol. The first-order valence-electron chi connectivity index (χ1n) is 26.7. The van der Waals surface area contributed by atoms with Crippen LogP contribution in [0.2, 0.25) is 0 Å². The standard InChI is InChI=1S/C62H67N9O12/c63-45(37-53(72)73)56(77)66-52(38-54(74)75)62(83)71-51(36-44-29-17-6-18-30-44)61(82)70-50(35-43-27-15-5-16-28-43)60(81)69-49(34-42-25-13-4-14-26-42)59(80)68-48(33-41-23-11-3-12-24-41)58(79)67-47(32-40-21-9-2-10-22-40)57(78)65-46(55(64)76)31-39-19-7-1-8-20-39/h1-30,45-52H,31-38,63H2,(H2,64,76)(H,65,78)(H,66,77)(H,67,79)(H,68,80)(H,69,81)(H,70,82)(H,71,83)(H,72,73)(H,74,75)/t45-,46-,47-,48-,49-,50-,51-,52-/m0/s1. The number of benzene rings is 6. The van der Waals surface area contributed by atoms with E-state index in [1.807, 2.05) is 0 Å². The van der Waals surface area contributed by atoms with Crippen molar-refractivity contribution in [3.8, 4) is 0 Å². The number of amides is 8. The van der Waals surface area contributed by atoms with Crippen LogP contribution in [0.1, 0.15) is 46.2 Å². The van der Waals surface area contributed by atoms with Gasteiger partial charge in [0.1, 0.15) is 42.3 Å². The molecular formula is C62H67N9O12. The molecule has 0 aromatic heterocycles. The van der Waals surface area contributed by atoms with E-state index in [0.717, 1.165) is 5.56 Å². The molecule has 0 heterocycles. The summed E-state index contributed by atoms with van der Waals surface area (Å²) in [4.78, 5) is 136. The number of carboxylic acids is 2. The van der Waals surface area contributed by atoms with Crippen molar-refractivity contribution in [3.05, 3.63) is 215 Å². The number of primary amides is 1. The average molecular weight is 1130 g/mol. The summed E-state index contributed by atoms with van der Waals surface area (Å²) in [5.74, 6) is -10.1. The summed E-state index contributed by atoms with van der Waals surface area (Å²) in [5, 5.41) is 37.4. The topological polar surface area (TPSA) is 347 Å². The number of hydrogen-bond donors (Lipinski definition) is 11. The number of nitrogens with one attached hydrogen (secondary N) is 7. The Kier molecular flexibility index (Phi) is 23.7. The van der Waals surface area contributed by atoms with Gasteiger partial charge in [-0.3, -0.25) is 47.9 Å². The van der Waals surface area contributed by atoms with Crippen LogP contribution in [0.4, 0.5) is 0 Å². The molecule has 13 N–H and O–H groups in total. The summed E-state index contributed by atoms with van der Waals surface area (Å²) in [6.07, 6.45) is -2.35. The molecule has 0 spiro atoms. The largest absolute Gasteiger partial charge is 0.481 e. The van der Waals surface area contributed by atoms with Gasteiger partial charge in [0.2, 0.25) is 47.3 Å². The van der Waals surface area contributed by atoms with Gasteiger partial charge in [-0.1, -0.05) is 182 Å². The van der Waals surface area contributed by atoms with Gasteiger partial charge in [-0.15, -0.1) is 0 Å². The Morgan fingerprint density at radius 2 is 0.482 bits per heavy atom. The molecule has 21 heteroatoms. The van der Waals surface area contributed by atoms with Gasteiger partial charge in [-0.25, -0.2) is 0 Å². The fourth-order valence-corrected chi connectivity index (χ4v) is 8.95. The molecule has 0 radical (unpaired) electrons.